The van der Waals surface area contributed by atoms with Crippen LogP contribution in [0.2, 0.25) is 0 Å². The van der Waals surface area contributed by atoms with Crippen molar-refractivity contribution in [3.05, 3.63) is 24.0 Å². The number of unbranched alkanes of at least 4 members (excludes halogenated alkanes) is 2. The zero-order valence-electron chi connectivity index (χ0n) is 10.1. The fraction of sp³-hybridized carbons (Fsp3) is 0.417. The Morgan fingerprint density at radius 1 is 1.33 bits per heavy atom. The molecule has 0 aliphatic carbocycles. The van der Waals surface area contributed by atoms with E-state index in [0.29, 0.717) is 6.42 Å². The summed E-state index contributed by atoms with van der Waals surface area (Å²) in [5.41, 5.74) is 7.66. The summed E-state index contributed by atoms with van der Waals surface area (Å²) in [4.78, 5) is 11.7. The first-order valence-corrected chi connectivity index (χ1v) is 6.79. The van der Waals surface area contributed by atoms with Crippen LogP contribution in [0, 0.1) is 5.82 Å². The van der Waals surface area contributed by atoms with Gasteiger partial charge in [-0.05, 0) is 36.8 Å². The number of halogens is 1. The Labute approximate surface area is 110 Å². The Kier molecular flexibility index (Phi) is 6.53. The number of nitrogens with one attached hydrogen (secondary N) is 1. The van der Waals surface area contributed by atoms with E-state index in [4.69, 9.17) is 11.6 Å². The number of carbonyl (C=O) groups excluding carboxylic acids is 1. The molecule has 0 fully saturated rings. The van der Waals surface area contributed by atoms with Gasteiger partial charge in [-0.1, -0.05) is 6.42 Å². The molecule has 0 unspecified atom stereocenters. The van der Waals surface area contributed by atoms with Crippen LogP contribution in [0.4, 0.5) is 10.1 Å². The second kappa shape index (κ2) is 7.94. The van der Waals surface area contributed by atoms with Gasteiger partial charge in [-0.2, -0.15) is 0 Å². The largest absolute Gasteiger partial charge is 0.396 e. The van der Waals surface area contributed by atoms with Gasteiger partial charge in [-0.3, -0.25) is 10.2 Å². The van der Waals surface area contributed by atoms with Crippen molar-refractivity contribution >= 4 is 23.4 Å². The molecule has 0 saturated heterocycles. The lowest BCUT2D eigenvalue weighted by Crippen LogP contribution is -2.29. The highest BCUT2D eigenvalue weighted by atomic mass is 32.2. The van der Waals surface area contributed by atoms with E-state index in [-0.39, 0.29) is 17.4 Å². The molecule has 0 bridgehead atoms. The molecule has 5 N–H and O–H groups in total. The van der Waals surface area contributed by atoms with Crippen molar-refractivity contribution in [1.29, 1.82) is 0 Å². The summed E-state index contributed by atoms with van der Waals surface area (Å²) in [6.45, 7) is 0. The lowest BCUT2D eigenvalue weighted by molar-refractivity contribution is -0.121. The van der Waals surface area contributed by atoms with Gasteiger partial charge in [0.05, 0.1) is 5.69 Å². The van der Waals surface area contributed by atoms with Crippen molar-refractivity contribution < 1.29 is 9.18 Å². The van der Waals surface area contributed by atoms with Gasteiger partial charge in [-0.25, -0.2) is 10.2 Å². The monoisotopic (exact) mass is 271 g/mol. The number of thioether (sulfide) groups is 1. The van der Waals surface area contributed by atoms with E-state index in [0.717, 1.165) is 29.9 Å². The highest BCUT2D eigenvalue weighted by Gasteiger charge is 2.01. The van der Waals surface area contributed by atoms with Gasteiger partial charge in [0.25, 0.3) is 0 Å². The Bertz CT molecular complexity index is 401. The maximum atomic E-state index is 13.1. The zero-order chi connectivity index (χ0) is 13.4. The van der Waals surface area contributed by atoms with Crippen LogP contribution in [0.5, 0.6) is 0 Å². The minimum Gasteiger partial charge on any atom is -0.396 e. The number of anilines is 1. The van der Waals surface area contributed by atoms with E-state index < -0.39 is 0 Å². The third-order valence-corrected chi connectivity index (χ3v) is 3.53. The second-order valence-electron chi connectivity index (χ2n) is 3.91. The Morgan fingerprint density at radius 3 is 2.78 bits per heavy atom. The summed E-state index contributed by atoms with van der Waals surface area (Å²) in [7, 11) is 0. The minimum atomic E-state index is -0.375. The van der Waals surface area contributed by atoms with Crippen LogP contribution < -0.4 is 17.0 Å². The molecule has 0 spiro atoms. The minimum absolute atomic E-state index is 0.136. The topological polar surface area (TPSA) is 81.1 Å². The summed E-state index contributed by atoms with van der Waals surface area (Å²) >= 11 is 1.59. The van der Waals surface area contributed by atoms with Gasteiger partial charge in [0.1, 0.15) is 5.82 Å². The highest BCUT2D eigenvalue weighted by Crippen LogP contribution is 2.23. The van der Waals surface area contributed by atoms with E-state index in [9.17, 15) is 9.18 Å². The van der Waals surface area contributed by atoms with Crippen LogP contribution in [0.3, 0.4) is 0 Å². The number of nitrogen functional groups attached to an aromatic ring is 1. The number of hydrogen-bond acceptors (Lipinski definition) is 4. The molecular weight excluding hydrogens is 253 g/mol. The number of hydrazine groups is 1. The van der Waals surface area contributed by atoms with Crippen molar-refractivity contribution in [3.8, 4) is 0 Å². The van der Waals surface area contributed by atoms with Crippen LogP contribution in [-0.2, 0) is 4.79 Å². The number of carbonyl (C=O) groups is 1. The summed E-state index contributed by atoms with van der Waals surface area (Å²) in [6, 6.07) is 4.83. The van der Waals surface area contributed by atoms with Gasteiger partial charge in [-0.15, -0.1) is 11.8 Å². The van der Waals surface area contributed by atoms with Crippen LogP contribution in [-0.4, -0.2) is 11.7 Å². The fourth-order valence-corrected chi connectivity index (χ4v) is 2.36. The van der Waals surface area contributed by atoms with Gasteiger partial charge < -0.3 is 5.73 Å². The van der Waals surface area contributed by atoms with Crippen molar-refractivity contribution in [1.82, 2.24) is 5.43 Å². The zero-order valence-corrected chi connectivity index (χ0v) is 10.9. The SMILES string of the molecule is NNC(=O)CCCCCSc1ccc(N)c(F)c1. The van der Waals surface area contributed by atoms with E-state index in [1.54, 1.807) is 17.8 Å². The highest BCUT2D eigenvalue weighted by molar-refractivity contribution is 7.99. The number of rotatable bonds is 7. The van der Waals surface area contributed by atoms with Gasteiger partial charge in [0.2, 0.25) is 5.91 Å². The van der Waals surface area contributed by atoms with Crippen LogP contribution >= 0.6 is 11.8 Å². The Balaban J connectivity index is 2.14. The van der Waals surface area contributed by atoms with E-state index in [1.165, 1.54) is 6.07 Å². The summed E-state index contributed by atoms with van der Waals surface area (Å²) < 4.78 is 13.1. The second-order valence-corrected chi connectivity index (χ2v) is 5.08. The fourth-order valence-electron chi connectivity index (χ4n) is 1.42. The molecule has 0 aliphatic rings. The molecule has 1 aromatic carbocycles. The third-order valence-electron chi connectivity index (χ3n) is 2.45. The molecule has 4 nitrogen and oxygen atoms in total. The van der Waals surface area contributed by atoms with Crippen LogP contribution in [0.25, 0.3) is 0 Å². The van der Waals surface area contributed by atoms with Crippen molar-refractivity contribution in [2.75, 3.05) is 11.5 Å². The van der Waals surface area contributed by atoms with Gasteiger partial charge in [0.15, 0.2) is 0 Å². The van der Waals surface area contributed by atoms with Crippen molar-refractivity contribution in [3.63, 3.8) is 0 Å². The molecule has 0 atom stereocenters. The molecule has 0 heterocycles. The van der Waals surface area contributed by atoms with Crippen molar-refractivity contribution in [2.24, 2.45) is 5.84 Å². The van der Waals surface area contributed by atoms with Crippen LogP contribution in [0.1, 0.15) is 25.7 Å². The molecular formula is C12H18FN3OS. The lowest BCUT2D eigenvalue weighted by Gasteiger charge is -2.03. The molecule has 1 amide bonds. The quantitative estimate of drug-likeness (QED) is 0.177. The van der Waals surface area contributed by atoms with Crippen LogP contribution in [0.15, 0.2) is 23.1 Å². The predicted molar refractivity (Wildman–Crippen MR) is 72.3 cm³/mol. The van der Waals surface area contributed by atoms with E-state index in [1.807, 2.05) is 6.07 Å². The average molecular weight is 271 g/mol. The van der Waals surface area contributed by atoms with E-state index in [2.05, 4.69) is 5.43 Å². The Hall–Kier alpha value is -1.27. The molecule has 0 aromatic heterocycles. The maximum absolute atomic E-state index is 13.1. The Morgan fingerprint density at radius 2 is 2.11 bits per heavy atom. The number of hydrogen-bond donors (Lipinski definition) is 3. The molecule has 0 radical (unpaired) electrons. The average Bonchev–Trinajstić information content (AvgIpc) is 2.37. The summed E-state index contributed by atoms with van der Waals surface area (Å²) in [5, 5.41) is 0. The molecule has 0 aliphatic heterocycles. The number of nitrogens with two attached hydrogens (primary N) is 2. The first-order valence-electron chi connectivity index (χ1n) is 5.80. The maximum Gasteiger partial charge on any atom is 0.233 e. The first-order chi connectivity index (χ1) is 8.63. The lowest BCUT2D eigenvalue weighted by atomic mass is 10.2. The molecule has 0 saturated carbocycles. The van der Waals surface area contributed by atoms with Crippen molar-refractivity contribution in [2.45, 2.75) is 30.6 Å². The normalized spacial score (nSPS) is 10.3. The number of amides is 1. The predicted octanol–water partition coefficient (Wildman–Crippen LogP) is 2.05. The smallest absolute Gasteiger partial charge is 0.233 e. The molecule has 18 heavy (non-hydrogen) atoms. The number of benzene rings is 1. The molecule has 1 rings (SSSR count). The first kappa shape index (κ1) is 14.8. The third kappa shape index (κ3) is 5.37. The standard InChI is InChI=1S/C12H18FN3OS/c13-10-8-9(5-6-11(10)14)18-7-3-1-2-4-12(17)16-15/h5-6,8H,1-4,7,14-15H2,(H,16,17). The summed E-state index contributed by atoms with van der Waals surface area (Å²) in [5.74, 6) is 5.35. The molecule has 100 valence electrons. The molecule has 6 heteroatoms. The van der Waals surface area contributed by atoms with Gasteiger partial charge in [0, 0.05) is 11.3 Å². The summed E-state index contributed by atoms with van der Waals surface area (Å²) in [6.07, 6.45) is 3.21. The molecule has 1 aromatic rings. The van der Waals surface area contributed by atoms with Gasteiger partial charge >= 0.3 is 0 Å². The van der Waals surface area contributed by atoms with E-state index >= 15 is 0 Å².